The molecular weight excluding hydrogens is 558 g/mol. The van der Waals surface area contributed by atoms with Crippen molar-refractivity contribution in [3.05, 3.63) is 81.0 Å². The SMILES string of the molecule is O=c1[nH]c(=O)n(COP(=O)(O)O)cc1-c1cc([C@@H]2C[C@H]2c2ccc3cnn(CC(F)(F)F)c3c2)n2nccc2n1. The molecule has 2 atom stereocenters. The molecule has 1 fully saturated rings. The van der Waals surface area contributed by atoms with Crippen LogP contribution in [0.1, 0.15) is 29.5 Å². The van der Waals surface area contributed by atoms with Gasteiger partial charge in [0.1, 0.15) is 13.3 Å². The van der Waals surface area contributed by atoms with E-state index in [1.54, 1.807) is 28.8 Å². The Bertz CT molecular complexity index is 1940. The summed E-state index contributed by atoms with van der Waals surface area (Å²) in [6, 6.07) is 8.51. The van der Waals surface area contributed by atoms with Crippen molar-refractivity contribution in [2.75, 3.05) is 0 Å². The zero-order valence-electron chi connectivity index (χ0n) is 20.2. The predicted molar refractivity (Wildman–Crippen MR) is 132 cm³/mol. The number of phosphoric acid groups is 1. The highest BCUT2D eigenvalue weighted by molar-refractivity contribution is 7.46. The Labute approximate surface area is 220 Å². The Morgan fingerprint density at radius 3 is 2.67 bits per heavy atom. The maximum absolute atomic E-state index is 13.0. The first-order chi connectivity index (χ1) is 18.9. The van der Waals surface area contributed by atoms with Gasteiger partial charge in [0.05, 0.1) is 34.9 Å². The van der Waals surface area contributed by atoms with E-state index in [0.717, 1.165) is 21.0 Å². The van der Waals surface area contributed by atoms with Gasteiger partial charge in [0, 0.05) is 23.6 Å². The van der Waals surface area contributed by atoms with E-state index in [0.29, 0.717) is 28.7 Å². The normalized spacial score (nSPS) is 17.6. The third kappa shape index (κ3) is 5.09. The molecule has 0 aliphatic heterocycles. The third-order valence-corrected chi connectivity index (χ3v) is 7.09. The first-order valence-corrected chi connectivity index (χ1v) is 13.3. The van der Waals surface area contributed by atoms with Gasteiger partial charge in [-0.15, -0.1) is 0 Å². The Morgan fingerprint density at radius 2 is 1.93 bits per heavy atom. The molecule has 0 spiro atoms. The fourth-order valence-electron chi connectivity index (χ4n) is 4.77. The molecule has 0 bridgehead atoms. The summed E-state index contributed by atoms with van der Waals surface area (Å²) in [4.78, 5) is 49.3. The quantitative estimate of drug-likeness (QED) is 0.246. The molecule has 1 aliphatic rings. The second kappa shape index (κ2) is 9.23. The van der Waals surface area contributed by atoms with Crippen molar-refractivity contribution in [3.63, 3.8) is 0 Å². The number of alkyl halides is 3. The lowest BCUT2D eigenvalue weighted by atomic mass is 10.1. The lowest BCUT2D eigenvalue weighted by Crippen LogP contribution is -2.31. The molecule has 13 nitrogen and oxygen atoms in total. The minimum atomic E-state index is -4.89. The summed E-state index contributed by atoms with van der Waals surface area (Å²) in [5.74, 6) is -0.159. The highest BCUT2D eigenvalue weighted by Crippen LogP contribution is 2.55. The molecule has 1 saturated carbocycles. The average molecular weight is 577 g/mol. The maximum Gasteiger partial charge on any atom is 0.471 e. The molecule has 5 aromatic rings. The van der Waals surface area contributed by atoms with Crippen molar-refractivity contribution in [3.8, 4) is 11.3 Å². The molecule has 6 rings (SSSR count). The number of rotatable bonds is 7. The number of fused-ring (bicyclic) bond motifs is 2. The van der Waals surface area contributed by atoms with Gasteiger partial charge in [-0.25, -0.2) is 18.9 Å². The summed E-state index contributed by atoms with van der Waals surface area (Å²) in [5, 5.41) is 8.77. The van der Waals surface area contributed by atoms with Crippen LogP contribution < -0.4 is 11.2 Å². The van der Waals surface area contributed by atoms with E-state index < -0.39 is 38.5 Å². The number of benzene rings is 1. The minimum absolute atomic E-state index is 0.0477. The summed E-state index contributed by atoms with van der Waals surface area (Å²) in [5.41, 5.74) is 0.702. The largest absolute Gasteiger partial charge is 0.471 e. The van der Waals surface area contributed by atoms with Gasteiger partial charge >= 0.3 is 19.7 Å². The van der Waals surface area contributed by atoms with E-state index in [2.05, 4.69) is 24.7 Å². The molecule has 40 heavy (non-hydrogen) atoms. The van der Waals surface area contributed by atoms with Crippen molar-refractivity contribution in [1.29, 1.82) is 0 Å². The summed E-state index contributed by atoms with van der Waals surface area (Å²) in [6.45, 7) is -2.02. The lowest BCUT2D eigenvalue weighted by Gasteiger charge is -2.11. The summed E-state index contributed by atoms with van der Waals surface area (Å²) < 4.78 is 57.8. The number of aromatic nitrogens is 7. The number of halogens is 3. The summed E-state index contributed by atoms with van der Waals surface area (Å²) in [6.07, 6.45) is 0.241. The van der Waals surface area contributed by atoms with Crippen molar-refractivity contribution in [2.45, 2.75) is 37.7 Å². The summed E-state index contributed by atoms with van der Waals surface area (Å²) in [7, 11) is -4.89. The molecular formula is C23H19F3N7O6P. The van der Waals surface area contributed by atoms with Gasteiger partial charge in [0.15, 0.2) is 5.65 Å². The zero-order chi connectivity index (χ0) is 28.4. The predicted octanol–water partition coefficient (Wildman–Crippen LogP) is 2.50. The number of phosphoric ester groups is 1. The highest BCUT2D eigenvalue weighted by Gasteiger charge is 2.42. The van der Waals surface area contributed by atoms with Crippen molar-refractivity contribution < 1.29 is 32.0 Å². The van der Waals surface area contributed by atoms with E-state index in [1.807, 2.05) is 6.07 Å². The van der Waals surface area contributed by atoms with Crippen LogP contribution in [0.2, 0.25) is 0 Å². The molecule has 0 unspecified atom stereocenters. The molecule has 4 aromatic heterocycles. The van der Waals surface area contributed by atoms with Crippen LogP contribution in [0, 0.1) is 0 Å². The Hall–Kier alpha value is -4.11. The maximum atomic E-state index is 13.0. The first kappa shape index (κ1) is 26.1. The van der Waals surface area contributed by atoms with Gasteiger partial charge < -0.3 is 9.79 Å². The standard InChI is InChI=1S/C23H19F3N7O6P/c24-23(25,26)10-32-18-5-12(1-2-13(18)8-28-32)14-6-15(14)19-7-17(29-20-3-4-27-33(19)20)16-9-31(11-39-40(36,37)38)22(35)30-21(16)34/h1-5,7-9,14-15H,6,10-11H2,(H,30,34,35)(H2,36,37,38)/t14-,15+/m0/s1. The number of nitrogens with one attached hydrogen (secondary N) is 1. The number of nitrogens with zero attached hydrogens (tertiary/aromatic N) is 6. The van der Waals surface area contributed by atoms with E-state index >= 15 is 0 Å². The van der Waals surface area contributed by atoms with E-state index in [-0.39, 0.29) is 23.1 Å². The molecule has 3 N–H and O–H groups in total. The average Bonchev–Trinajstić information content (AvgIpc) is 3.35. The molecule has 1 aromatic carbocycles. The fraction of sp³-hybridized carbons (Fsp3) is 0.261. The van der Waals surface area contributed by atoms with Crippen molar-refractivity contribution in [1.82, 2.24) is 33.9 Å². The minimum Gasteiger partial charge on any atom is -0.303 e. The van der Waals surface area contributed by atoms with E-state index in [1.165, 1.54) is 12.4 Å². The molecule has 17 heteroatoms. The van der Waals surface area contributed by atoms with Crippen LogP contribution in [0.5, 0.6) is 0 Å². The van der Waals surface area contributed by atoms with Gasteiger partial charge in [-0.05, 0) is 30.0 Å². The molecule has 0 saturated heterocycles. The van der Waals surface area contributed by atoms with Gasteiger partial charge in [-0.1, -0.05) is 12.1 Å². The Morgan fingerprint density at radius 1 is 1.12 bits per heavy atom. The van der Waals surface area contributed by atoms with Crippen LogP contribution in [-0.2, 0) is 22.4 Å². The van der Waals surface area contributed by atoms with Crippen LogP contribution >= 0.6 is 7.82 Å². The van der Waals surface area contributed by atoms with Crippen molar-refractivity contribution in [2.24, 2.45) is 0 Å². The topological polar surface area (TPSA) is 170 Å². The van der Waals surface area contributed by atoms with Crippen LogP contribution in [0.3, 0.4) is 0 Å². The zero-order valence-corrected chi connectivity index (χ0v) is 21.1. The number of H-pyrrole nitrogens is 1. The van der Waals surface area contributed by atoms with E-state index in [4.69, 9.17) is 9.79 Å². The lowest BCUT2D eigenvalue weighted by molar-refractivity contribution is -0.141. The fourth-order valence-corrected chi connectivity index (χ4v) is 5.04. The number of hydrogen-bond acceptors (Lipinski definition) is 7. The molecule has 208 valence electrons. The number of aromatic amines is 1. The highest BCUT2D eigenvalue weighted by atomic mass is 31.2. The third-order valence-electron chi connectivity index (χ3n) is 6.64. The molecule has 0 amide bonds. The molecule has 0 radical (unpaired) electrons. The summed E-state index contributed by atoms with van der Waals surface area (Å²) >= 11 is 0. The second-order valence-corrected chi connectivity index (χ2v) is 10.6. The monoisotopic (exact) mass is 577 g/mol. The second-order valence-electron chi connectivity index (χ2n) is 9.37. The van der Waals surface area contributed by atoms with Crippen LogP contribution in [0.15, 0.2) is 58.5 Å². The van der Waals surface area contributed by atoms with Gasteiger partial charge in [-0.3, -0.25) is 23.6 Å². The van der Waals surface area contributed by atoms with Gasteiger partial charge in [0.2, 0.25) is 0 Å². The van der Waals surface area contributed by atoms with E-state index in [9.17, 15) is 27.3 Å². The van der Waals surface area contributed by atoms with Crippen LogP contribution in [0.4, 0.5) is 13.2 Å². The van der Waals surface area contributed by atoms with Gasteiger partial charge in [-0.2, -0.15) is 23.4 Å². The Balaban J connectivity index is 1.36. The molecule has 1 aliphatic carbocycles. The van der Waals surface area contributed by atoms with Crippen molar-refractivity contribution >= 4 is 24.4 Å². The van der Waals surface area contributed by atoms with Crippen LogP contribution in [0.25, 0.3) is 27.8 Å². The molecule has 4 heterocycles. The van der Waals surface area contributed by atoms with Gasteiger partial charge in [0.25, 0.3) is 5.56 Å². The smallest absolute Gasteiger partial charge is 0.303 e. The van der Waals surface area contributed by atoms with Crippen LogP contribution in [-0.4, -0.2) is 49.9 Å². The first-order valence-electron chi connectivity index (χ1n) is 11.8. The Kier molecular flexibility index (Phi) is 6.03. The number of hydrogen-bond donors (Lipinski definition) is 3.